The van der Waals surface area contributed by atoms with Gasteiger partial charge < -0.3 is 5.32 Å². The molecule has 1 heteroatoms. The lowest BCUT2D eigenvalue weighted by atomic mass is 9.74. The molecule has 2 rings (SSSR count). The van der Waals surface area contributed by atoms with Crippen molar-refractivity contribution in [3.05, 3.63) is 35.4 Å². The fraction of sp³-hybridized carbons (Fsp3) is 0.600. The van der Waals surface area contributed by atoms with Crippen molar-refractivity contribution in [1.82, 2.24) is 5.32 Å². The largest absolute Gasteiger partial charge is 0.313 e. The Morgan fingerprint density at radius 1 is 1.25 bits per heavy atom. The highest BCUT2D eigenvalue weighted by Crippen LogP contribution is 2.35. The van der Waals surface area contributed by atoms with Gasteiger partial charge >= 0.3 is 0 Å². The molecule has 0 aliphatic carbocycles. The molecule has 16 heavy (non-hydrogen) atoms. The summed E-state index contributed by atoms with van der Waals surface area (Å²) in [7, 11) is 0. The maximum atomic E-state index is 3.68. The summed E-state index contributed by atoms with van der Waals surface area (Å²) in [4.78, 5) is 0. The fourth-order valence-corrected chi connectivity index (χ4v) is 2.96. The van der Waals surface area contributed by atoms with E-state index in [0.29, 0.717) is 11.5 Å². The standard InChI is InChI=1S/C15H23N/c1-4-15(5-2)11-16-12(3)10-13-8-6-7-9-14(13)15/h6-9,12,16H,4-5,10-11H2,1-3H3/t12-/m0/s1. The number of rotatable bonds is 2. The smallest absolute Gasteiger partial charge is 0.00796 e. The van der Waals surface area contributed by atoms with Crippen molar-refractivity contribution in [2.45, 2.75) is 51.5 Å². The third-order valence-electron chi connectivity index (χ3n) is 4.26. The Morgan fingerprint density at radius 2 is 1.94 bits per heavy atom. The molecule has 1 aromatic carbocycles. The Morgan fingerprint density at radius 3 is 2.62 bits per heavy atom. The van der Waals surface area contributed by atoms with Crippen LogP contribution in [0.3, 0.4) is 0 Å². The average molecular weight is 217 g/mol. The number of benzene rings is 1. The van der Waals surface area contributed by atoms with Gasteiger partial charge in [0.1, 0.15) is 0 Å². The molecule has 1 nitrogen and oxygen atoms in total. The molecule has 0 bridgehead atoms. The lowest BCUT2D eigenvalue weighted by Crippen LogP contribution is -2.38. The minimum Gasteiger partial charge on any atom is -0.313 e. The second kappa shape index (κ2) is 4.58. The molecule has 0 radical (unpaired) electrons. The first-order valence-corrected chi connectivity index (χ1v) is 6.53. The molecule has 1 atom stereocenters. The molecule has 88 valence electrons. The van der Waals surface area contributed by atoms with Gasteiger partial charge in [-0.25, -0.2) is 0 Å². The van der Waals surface area contributed by atoms with Crippen molar-refractivity contribution >= 4 is 0 Å². The summed E-state index contributed by atoms with van der Waals surface area (Å²) >= 11 is 0. The van der Waals surface area contributed by atoms with E-state index >= 15 is 0 Å². The molecule has 1 heterocycles. The molecule has 0 aromatic heterocycles. The van der Waals surface area contributed by atoms with Crippen molar-refractivity contribution < 1.29 is 0 Å². The van der Waals surface area contributed by atoms with Crippen LogP contribution in [0.25, 0.3) is 0 Å². The van der Waals surface area contributed by atoms with Gasteiger partial charge in [-0.05, 0) is 37.3 Å². The summed E-state index contributed by atoms with van der Waals surface area (Å²) in [5.41, 5.74) is 3.47. The van der Waals surface area contributed by atoms with Gasteiger partial charge in [0.25, 0.3) is 0 Å². The SMILES string of the molecule is CCC1(CC)CN[C@@H](C)Cc2ccccc21. The minimum atomic E-state index is 0.349. The monoisotopic (exact) mass is 217 g/mol. The van der Waals surface area contributed by atoms with E-state index in [1.165, 1.54) is 12.8 Å². The highest BCUT2D eigenvalue weighted by molar-refractivity contribution is 5.36. The van der Waals surface area contributed by atoms with Gasteiger partial charge in [-0.3, -0.25) is 0 Å². The lowest BCUT2D eigenvalue weighted by molar-refractivity contribution is 0.364. The van der Waals surface area contributed by atoms with Crippen molar-refractivity contribution in [2.24, 2.45) is 0 Å². The predicted octanol–water partition coefficient (Wildman–Crippen LogP) is 3.28. The van der Waals surface area contributed by atoms with Gasteiger partial charge in [-0.1, -0.05) is 38.1 Å². The Hall–Kier alpha value is -0.820. The van der Waals surface area contributed by atoms with Crippen LogP contribution in [-0.4, -0.2) is 12.6 Å². The zero-order valence-electron chi connectivity index (χ0n) is 10.7. The minimum absolute atomic E-state index is 0.349. The lowest BCUT2D eigenvalue weighted by Gasteiger charge is -2.32. The Kier molecular flexibility index (Phi) is 3.34. The molecule has 1 aliphatic heterocycles. The van der Waals surface area contributed by atoms with Crippen LogP contribution >= 0.6 is 0 Å². The maximum absolute atomic E-state index is 3.68. The van der Waals surface area contributed by atoms with Gasteiger partial charge in [-0.15, -0.1) is 0 Å². The second-order valence-electron chi connectivity index (χ2n) is 5.13. The topological polar surface area (TPSA) is 12.0 Å². The van der Waals surface area contributed by atoms with Gasteiger partial charge in [0.15, 0.2) is 0 Å². The van der Waals surface area contributed by atoms with E-state index in [-0.39, 0.29) is 0 Å². The average Bonchev–Trinajstić information content (AvgIpc) is 2.46. The van der Waals surface area contributed by atoms with Crippen LogP contribution in [0.5, 0.6) is 0 Å². The molecule has 0 saturated heterocycles. The zero-order chi connectivity index (χ0) is 11.6. The summed E-state index contributed by atoms with van der Waals surface area (Å²) in [5.74, 6) is 0. The van der Waals surface area contributed by atoms with E-state index in [2.05, 4.69) is 50.4 Å². The van der Waals surface area contributed by atoms with Gasteiger partial charge in [0.05, 0.1) is 0 Å². The first kappa shape index (κ1) is 11.7. The zero-order valence-corrected chi connectivity index (χ0v) is 10.7. The first-order chi connectivity index (χ1) is 7.72. The molecule has 0 fully saturated rings. The van der Waals surface area contributed by atoms with Gasteiger partial charge in [0.2, 0.25) is 0 Å². The van der Waals surface area contributed by atoms with Crippen molar-refractivity contribution in [2.75, 3.05) is 6.54 Å². The summed E-state index contributed by atoms with van der Waals surface area (Å²) in [5, 5.41) is 3.68. The van der Waals surface area contributed by atoms with Crippen LogP contribution in [0.1, 0.15) is 44.7 Å². The molecular formula is C15H23N. The molecule has 0 saturated carbocycles. The van der Waals surface area contributed by atoms with Gasteiger partial charge in [-0.2, -0.15) is 0 Å². The summed E-state index contributed by atoms with van der Waals surface area (Å²) < 4.78 is 0. The third kappa shape index (κ3) is 1.89. The quantitative estimate of drug-likeness (QED) is 0.801. The van der Waals surface area contributed by atoms with Crippen LogP contribution in [0, 0.1) is 0 Å². The van der Waals surface area contributed by atoms with Crippen molar-refractivity contribution in [1.29, 1.82) is 0 Å². The van der Waals surface area contributed by atoms with Crippen molar-refractivity contribution in [3.63, 3.8) is 0 Å². The van der Waals surface area contributed by atoms with Crippen LogP contribution in [0.2, 0.25) is 0 Å². The Balaban J connectivity index is 2.49. The highest BCUT2D eigenvalue weighted by Gasteiger charge is 2.32. The molecule has 0 spiro atoms. The van der Waals surface area contributed by atoms with Crippen LogP contribution in [0.4, 0.5) is 0 Å². The molecule has 0 unspecified atom stereocenters. The van der Waals surface area contributed by atoms with Crippen LogP contribution in [0.15, 0.2) is 24.3 Å². The molecule has 1 N–H and O–H groups in total. The fourth-order valence-electron chi connectivity index (χ4n) is 2.96. The van der Waals surface area contributed by atoms with E-state index in [1.54, 1.807) is 11.1 Å². The van der Waals surface area contributed by atoms with E-state index < -0.39 is 0 Å². The van der Waals surface area contributed by atoms with Gasteiger partial charge in [0, 0.05) is 18.0 Å². The third-order valence-corrected chi connectivity index (χ3v) is 4.26. The first-order valence-electron chi connectivity index (χ1n) is 6.53. The van der Waals surface area contributed by atoms with E-state index in [0.717, 1.165) is 13.0 Å². The number of fused-ring (bicyclic) bond motifs is 1. The second-order valence-corrected chi connectivity index (χ2v) is 5.13. The number of hydrogen-bond acceptors (Lipinski definition) is 1. The normalized spacial score (nSPS) is 23.6. The van der Waals surface area contributed by atoms with E-state index in [1.807, 2.05) is 0 Å². The summed E-state index contributed by atoms with van der Waals surface area (Å²) in [6.07, 6.45) is 3.61. The summed E-state index contributed by atoms with van der Waals surface area (Å²) in [6.45, 7) is 8.05. The van der Waals surface area contributed by atoms with E-state index in [9.17, 15) is 0 Å². The Bertz CT molecular complexity index is 352. The van der Waals surface area contributed by atoms with E-state index in [4.69, 9.17) is 0 Å². The highest BCUT2D eigenvalue weighted by atomic mass is 14.9. The molecule has 1 aliphatic rings. The predicted molar refractivity (Wildman–Crippen MR) is 69.9 cm³/mol. The maximum Gasteiger partial charge on any atom is 0.00796 e. The molecule has 1 aromatic rings. The van der Waals surface area contributed by atoms with Crippen LogP contribution in [-0.2, 0) is 11.8 Å². The number of nitrogens with one attached hydrogen (secondary N) is 1. The summed E-state index contributed by atoms with van der Waals surface area (Å²) in [6, 6.07) is 9.60. The molecule has 0 amide bonds. The molecular weight excluding hydrogens is 194 g/mol. The van der Waals surface area contributed by atoms with Crippen molar-refractivity contribution in [3.8, 4) is 0 Å². The Labute approximate surface area is 99.3 Å². The van der Waals surface area contributed by atoms with Crippen LogP contribution < -0.4 is 5.32 Å². The number of hydrogen-bond donors (Lipinski definition) is 1.